The highest BCUT2D eigenvalue weighted by Gasteiger charge is 2.28. The average Bonchev–Trinajstić information content (AvgIpc) is 2.25. The van der Waals surface area contributed by atoms with Crippen molar-refractivity contribution < 1.29 is 19.5 Å². The molecule has 0 aromatic heterocycles. The maximum absolute atomic E-state index is 11.4. The van der Waals surface area contributed by atoms with Crippen LogP contribution in [0.15, 0.2) is 0 Å². The summed E-state index contributed by atoms with van der Waals surface area (Å²) >= 11 is 0. The first-order valence-corrected chi connectivity index (χ1v) is 6.18. The van der Waals surface area contributed by atoms with Crippen LogP contribution in [0.5, 0.6) is 0 Å². The van der Waals surface area contributed by atoms with Gasteiger partial charge in [0.1, 0.15) is 6.04 Å². The van der Waals surface area contributed by atoms with Crippen LogP contribution in [0.1, 0.15) is 46.0 Å². The summed E-state index contributed by atoms with van der Waals surface area (Å²) in [7, 11) is 0. The molecule has 0 saturated heterocycles. The minimum absolute atomic E-state index is 0.345. The molecule has 0 aromatic rings. The molecule has 2 amide bonds. The first-order chi connectivity index (χ1) is 8.40. The molecule has 0 aliphatic rings. The minimum atomic E-state index is -1.19. The Morgan fingerprint density at radius 2 is 1.83 bits per heavy atom. The summed E-state index contributed by atoms with van der Waals surface area (Å²) in [4.78, 5) is 34.6. The van der Waals surface area contributed by atoms with E-state index in [0.29, 0.717) is 6.54 Å². The van der Waals surface area contributed by atoms with Gasteiger partial charge in [0.15, 0.2) is 0 Å². The molecule has 0 radical (unpaired) electrons. The fraction of sp³-hybridized carbons (Fsp3) is 0.750. The summed E-state index contributed by atoms with van der Waals surface area (Å²) in [6, 6.07) is -1.15. The van der Waals surface area contributed by atoms with E-state index >= 15 is 0 Å². The maximum Gasteiger partial charge on any atom is 0.326 e. The quantitative estimate of drug-likeness (QED) is 0.596. The number of carbonyl (C=O) groups is 3. The van der Waals surface area contributed by atoms with Crippen LogP contribution in [0, 0.1) is 0 Å². The lowest BCUT2D eigenvalue weighted by Crippen LogP contribution is -2.46. The molecule has 0 saturated carbocycles. The van der Waals surface area contributed by atoms with Crippen LogP contribution >= 0.6 is 0 Å². The molecule has 6 nitrogen and oxygen atoms in total. The van der Waals surface area contributed by atoms with E-state index in [9.17, 15) is 14.4 Å². The summed E-state index contributed by atoms with van der Waals surface area (Å²) in [5, 5.41) is 9.04. The first kappa shape index (κ1) is 16.4. The zero-order valence-corrected chi connectivity index (χ0v) is 11.0. The van der Waals surface area contributed by atoms with Crippen molar-refractivity contribution in [3.05, 3.63) is 0 Å². The molecule has 6 heteroatoms. The predicted molar refractivity (Wildman–Crippen MR) is 66.8 cm³/mol. The van der Waals surface area contributed by atoms with Crippen LogP contribution in [0.25, 0.3) is 0 Å². The number of amides is 2. The Labute approximate surface area is 107 Å². The Morgan fingerprint density at radius 1 is 1.22 bits per heavy atom. The number of carbonyl (C=O) groups excluding carboxylic acids is 2. The van der Waals surface area contributed by atoms with Gasteiger partial charge in [-0.2, -0.15) is 0 Å². The molecule has 0 fully saturated rings. The predicted octanol–water partition coefficient (Wildman–Crippen LogP) is 0.744. The molecule has 104 valence electrons. The van der Waals surface area contributed by atoms with Gasteiger partial charge in [0, 0.05) is 13.5 Å². The number of nitrogens with zero attached hydrogens (tertiary/aromatic N) is 1. The van der Waals surface area contributed by atoms with Crippen molar-refractivity contribution in [2.45, 2.75) is 52.0 Å². The number of rotatable bonds is 9. The van der Waals surface area contributed by atoms with E-state index < -0.39 is 17.9 Å². The normalized spacial score (nSPS) is 11.9. The Balaban J connectivity index is 4.55. The summed E-state index contributed by atoms with van der Waals surface area (Å²) in [5.41, 5.74) is 5.01. The van der Waals surface area contributed by atoms with E-state index in [1.807, 2.05) is 0 Å². The number of nitrogens with two attached hydrogens (primary N) is 1. The molecule has 0 spiro atoms. The second kappa shape index (κ2) is 8.49. The molecule has 0 aliphatic carbocycles. The summed E-state index contributed by atoms with van der Waals surface area (Å²) in [5.74, 6) is -2.26. The van der Waals surface area contributed by atoms with Crippen molar-refractivity contribution in [2.75, 3.05) is 6.54 Å². The van der Waals surface area contributed by atoms with E-state index in [-0.39, 0.29) is 12.3 Å². The molecule has 0 aromatic carbocycles. The number of hydrogen-bond acceptors (Lipinski definition) is 3. The monoisotopic (exact) mass is 258 g/mol. The number of primary amides is 1. The summed E-state index contributed by atoms with van der Waals surface area (Å²) in [6.07, 6.45) is 3.42. The van der Waals surface area contributed by atoms with Gasteiger partial charge in [-0.15, -0.1) is 0 Å². The van der Waals surface area contributed by atoms with E-state index in [4.69, 9.17) is 10.8 Å². The molecule has 0 unspecified atom stereocenters. The second-order valence-electron chi connectivity index (χ2n) is 4.30. The van der Waals surface area contributed by atoms with Crippen molar-refractivity contribution in [2.24, 2.45) is 5.73 Å². The van der Waals surface area contributed by atoms with Gasteiger partial charge in [-0.3, -0.25) is 9.59 Å². The van der Waals surface area contributed by atoms with Gasteiger partial charge in [-0.05, 0) is 6.42 Å². The van der Waals surface area contributed by atoms with Crippen molar-refractivity contribution >= 4 is 17.8 Å². The SMILES string of the molecule is CCCCCCN(C(C)=O)[C@@H](CC(N)=O)C(=O)O. The van der Waals surface area contributed by atoms with Gasteiger partial charge in [-0.1, -0.05) is 26.2 Å². The van der Waals surface area contributed by atoms with Crippen LogP contribution in [0.3, 0.4) is 0 Å². The third kappa shape index (κ3) is 6.22. The van der Waals surface area contributed by atoms with Gasteiger partial charge in [-0.25, -0.2) is 4.79 Å². The molecule has 0 aliphatic heterocycles. The molecule has 18 heavy (non-hydrogen) atoms. The van der Waals surface area contributed by atoms with Crippen LogP contribution in [-0.4, -0.2) is 40.4 Å². The Kier molecular flexibility index (Phi) is 7.74. The lowest BCUT2D eigenvalue weighted by molar-refractivity contribution is -0.151. The third-order valence-electron chi connectivity index (χ3n) is 2.71. The topological polar surface area (TPSA) is 101 Å². The van der Waals surface area contributed by atoms with Crippen molar-refractivity contribution in [1.82, 2.24) is 4.90 Å². The molecule has 3 N–H and O–H groups in total. The largest absolute Gasteiger partial charge is 0.480 e. The van der Waals surface area contributed by atoms with Gasteiger partial charge < -0.3 is 15.7 Å². The molecular formula is C12H22N2O4. The van der Waals surface area contributed by atoms with Gasteiger partial charge in [0.2, 0.25) is 11.8 Å². The Bertz CT molecular complexity index is 304. The lowest BCUT2D eigenvalue weighted by atomic mass is 10.1. The maximum atomic E-state index is 11.4. The number of carboxylic acids is 1. The fourth-order valence-corrected chi connectivity index (χ4v) is 1.76. The van der Waals surface area contributed by atoms with Gasteiger partial charge in [0.05, 0.1) is 6.42 Å². The van der Waals surface area contributed by atoms with Crippen LogP contribution < -0.4 is 5.73 Å². The van der Waals surface area contributed by atoms with Crippen molar-refractivity contribution in [1.29, 1.82) is 0 Å². The lowest BCUT2D eigenvalue weighted by Gasteiger charge is -2.27. The highest BCUT2D eigenvalue weighted by molar-refractivity contribution is 5.87. The molecule has 0 rings (SSSR count). The number of carboxylic acid groups (broad SMARTS) is 1. The number of aliphatic carboxylic acids is 1. The van der Waals surface area contributed by atoms with Crippen molar-refractivity contribution in [3.8, 4) is 0 Å². The Morgan fingerprint density at radius 3 is 2.22 bits per heavy atom. The zero-order valence-electron chi connectivity index (χ0n) is 11.0. The summed E-state index contributed by atoms with van der Waals surface area (Å²) in [6.45, 7) is 3.71. The highest BCUT2D eigenvalue weighted by Crippen LogP contribution is 2.09. The number of hydrogen-bond donors (Lipinski definition) is 2. The minimum Gasteiger partial charge on any atom is -0.480 e. The third-order valence-corrected chi connectivity index (χ3v) is 2.71. The van der Waals surface area contributed by atoms with E-state index in [1.54, 1.807) is 0 Å². The zero-order chi connectivity index (χ0) is 14.1. The number of unbranched alkanes of at least 4 members (excludes halogenated alkanes) is 3. The molecule has 0 heterocycles. The first-order valence-electron chi connectivity index (χ1n) is 6.18. The second-order valence-corrected chi connectivity index (χ2v) is 4.30. The van der Waals surface area contributed by atoms with Crippen LogP contribution in [-0.2, 0) is 14.4 Å². The highest BCUT2D eigenvalue weighted by atomic mass is 16.4. The fourth-order valence-electron chi connectivity index (χ4n) is 1.76. The molecule has 0 bridgehead atoms. The van der Waals surface area contributed by atoms with E-state index in [2.05, 4.69) is 6.92 Å². The van der Waals surface area contributed by atoms with Gasteiger partial charge >= 0.3 is 5.97 Å². The smallest absolute Gasteiger partial charge is 0.326 e. The molecule has 1 atom stereocenters. The Hall–Kier alpha value is -1.59. The van der Waals surface area contributed by atoms with Gasteiger partial charge in [0.25, 0.3) is 0 Å². The average molecular weight is 258 g/mol. The van der Waals surface area contributed by atoms with Crippen LogP contribution in [0.2, 0.25) is 0 Å². The summed E-state index contributed by atoms with van der Waals surface area (Å²) < 4.78 is 0. The molecular weight excluding hydrogens is 236 g/mol. The van der Waals surface area contributed by atoms with E-state index in [1.165, 1.54) is 11.8 Å². The van der Waals surface area contributed by atoms with Crippen molar-refractivity contribution in [3.63, 3.8) is 0 Å². The van der Waals surface area contributed by atoms with Crippen LogP contribution in [0.4, 0.5) is 0 Å². The van der Waals surface area contributed by atoms with E-state index in [0.717, 1.165) is 25.7 Å². The standard InChI is InChI=1S/C12H22N2O4/c1-3-4-5-6-7-14(9(2)15)10(12(17)18)8-11(13)16/h10H,3-8H2,1-2H3,(H2,13,16)(H,17,18)/t10-/m0/s1.